The molecular weight excluding hydrogens is 333 g/mol. The van der Waals surface area contributed by atoms with E-state index in [4.69, 9.17) is 0 Å². The lowest BCUT2D eigenvalue weighted by molar-refractivity contribution is 0.101. The maximum absolute atomic E-state index is 14.6. The van der Waals surface area contributed by atoms with E-state index < -0.39 is 11.7 Å². The number of aromatic nitrogens is 4. The molecule has 0 spiro atoms. The van der Waals surface area contributed by atoms with Gasteiger partial charge >= 0.3 is 0 Å². The minimum Gasteiger partial charge on any atom is -0.267 e. The van der Waals surface area contributed by atoms with Crippen molar-refractivity contribution in [3.05, 3.63) is 77.6 Å². The van der Waals surface area contributed by atoms with Gasteiger partial charge in [0.25, 0.3) is 5.91 Å². The molecule has 0 atom stereocenters. The number of benzene rings is 2. The van der Waals surface area contributed by atoms with E-state index in [9.17, 15) is 9.18 Å². The van der Waals surface area contributed by atoms with Gasteiger partial charge in [-0.25, -0.2) is 18.7 Å². The number of hydrogen-bond donors (Lipinski definition) is 1. The van der Waals surface area contributed by atoms with Crippen LogP contribution < -0.4 is 5.43 Å². The summed E-state index contributed by atoms with van der Waals surface area (Å²) in [5, 5.41) is 4.27. The van der Waals surface area contributed by atoms with Crippen LogP contribution in [0.5, 0.6) is 0 Å². The van der Waals surface area contributed by atoms with Gasteiger partial charge in [0.2, 0.25) is 0 Å². The first kappa shape index (κ1) is 16.0. The van der Waals surface area contributed by atoms with Gasteiger partial charge in [-0.2, -0.15) is 5.10 Å². The Bertz CT molecular complexity index is 1130. The Morgan fingerprint density at radius 1 is 1.12 bits per heavy atom. The van der Waals surface area contributed by atoms with Gasteiger partial charge in [-0.05, 0) is 50.2 Å². The number of carbonyl (C=O) groups is 1. The number of hydrogen-bond acceptors (Lipinski definition) is 3. The van der Waals surface area contributed by atoms with Gasteiger partial charge in [0.1, 0.15) is 17.8 Å². The monoisotopic (exact) mass is 349 g/mol. The fourth-order valence-electron chi connectivity index (χ4n) is 2.91. The predicted octanol–water partition coefficient (Wildman–Crippen LogP) is 3.36. The molecule has 0 aliphatic heterocycles. The molecule has 4 rings (SSSR count). The molecule has 1 amide bonds. The second-order valence-corrected chi connectivity index (χ2v) is 6.05. The summed E-state index contributed by atoms with van der Waals surface area (Å²) in [6, 6.07) is 13.6. The third kappa shape index (κ3) is 2.73. The summed E-state index contributed by atoms with van der Waals surface area (Å²) in [6.07, 6.45) is 1.52. The van der Waals surface area contributed by atoms with Crippen LogP contribution in [0.2, 0.25) is 0 Å². The van der Waals surface area contributed by atoms with Gasteiger partial charge < -0.3 is 0 Å². The van der Waals surface area contributed by atoms with Crippen LogP contribution in [0, 0.1) is 19.7 Å². The second-order valence-electron chi connectivity index (χ2n) is 6.05. The number of fused-ring (bicyclic) bond motifs is 1. The summed E-state index contributed by atoms with van der Waals surface area (Å²) in [4.78, 5) is 16.7. The predicted molar refractivity (Wildman–Crippen MR) is 96.4 cm³/mol. The number of nitrogens with zero attached hydrogens (tertiary/aromatic N) is 4. The zero-order valence-corrected chi connectivity index (χ0v) is 14.3. The molecule has 2 heterocycles. The molecule has 0 radical (unpaired) electrons. The maximum atomic E-state index is 14.6. The first-order chi connectivity index (χ1) is 12.5. The van der Waals surface area contributed by atoms with E-state index >= 15 is 0 Å². The Labute approximate surface area is 148 Å². The van der Waals surface area contributed by atoms with Crippen molar-refractivity contribution in [2.45, 2.75) is 13.8 Å². The summed E-state index contributed by atoms with van der Waals surface area (Å²) < 4.78 is 17.6. The number of halogens is 1. The SMILES string of the molecule is Cc1cc(C)n(-c2ccc(C(=O)Nn3cnc4ccccc43)cc2F)n1. The molecule has 1 N–H and O–H groups in total. The molecule has 4 aromatic rings. The number of para-hydroxylation sites is 2. The summed E-state index contributed by atoms with van der Waals surface area (Å²) >= 11 is 0. The van der Waals surface area contributed by atoms with Crippen LogP contribution in [-0.4, -0.2) is 25.3 Å². The lowest BCUT2D eigenvalue weighted by atomic mass is 10.2. The maximum Gasteiger partial charge on any atom is 0.270 e. The molecule has 2 aromatic heterocycles. The molecule has 26 heavy (non-hydrogen) atoms. The fraction of sp³-hybridized carbons (Fsp3) is 0.105. The van der Waals surface area contributed by atoms with Gasteiger partial charge in [-0.15, -0.1) is 0 Å². The number of amides is 1. The highest BCUT2D eigenvalue weighted by Crippen LogP contribution is 2.18. The van der Waals surface area contributed by atoms with Crippen molar-refractivity contribution < 1.29 is 9.18 Å². The Morgan fingerprint density at radius 3 is 2.65 bits per heavy atom. The average molecular weight is 349 g/mol. The largest absolute Gasteiger partial charge is 0.270 e. The van der Waals surface area contributed by atoms with Gasteiger partial charge in [-0.1, -0.05) is 12.1 Å². The van der Waals surface area contributed by atoms with Crippen LogP contribution >= 0.6 is 0 Å². The van der Waals surface area contributed by atoms with E-state index in [-0.39, 0.29) is 5.56 Å². The van der Waals surface area contributed by atoms with Gasteiger partial charge in [0.15, 0.2) is 0 Å². The highest BCUT2D eigenvalue weighted by molar-refractivity contribution is 6.00. The van der Waals surface area contributed by atoms with Gasteiger partial charge in [-0.3, -0.25) is 10.2 Å². The molecule has 0 aliphatic carbocycles. The summed E-state index contributed by atoms with van der Waals surface area (Å²) in [6.45, 7) is 3.70. The van der Waals surface area contributed by atoms with Crippen molar-refractivity contribution in [2.24, 2.45) is 0 Å². The molecule has 0 bridgehead atoms. The summed E-state index contributed by atoms with van der Waals surface area (Å²) in [5.74, 6) is -0.939. The van der Waals surface area contributed by atoms with Gasteiger partial charge in [0, 0.05) is 11.3 Å². The molecule has 0 saturated heterocycles. The third-order valence-corrected chi connectivity index (χ3v) is 4.12. The fourth-order valence-corrected chi connectivity index (χ4v) is 2.91. The van der Waals surface area contributed by atoms with Crippen LogP contribution in [0.1, 0.15) is 21.7 Å². The molecule has 7 heteroatoms. The molecule has 0 aliphatic rings. The number of imidazole rings is 1. The standard InChI is InChI=1S/C19H16FN5O/c1-12-9-13(2)25(22-12)17-8-7-14(10-15(17)20)19(26)23-24-11-21-16-5-3-4-6-18(16)24/h3-11H,1-2H3,(H,23,26). The number of carbonyl (C=O) groups excluding carboxylic acids is 1. The van der Waals surface area contributed by atoms with Crippen molar-refractivity contribution in [3.8, 4) is 5.69 Å². The topological polar surface area (TPSA) is 64.7 Å². The molecule has 130 valence electrons. The Morgan fingerprint density at radius 2 is 1.92 bits per heavy atom. The number of rotatable bonds is 3. The Kier molecular flexibility index (Phi) is 3.76. The van der Waals surface area contributed by atoms with Crippen molar-refractivity contribution in [1.29, 1.82) is 0 Å². The quantitative estimate of drug-likeness (QED) is 0.617. The van der Waals surface area contributed by atoms with Crippen molar-refractivity contribution in [2.75, 3.05) is 5.43 Å². The van der Waals surface area contributed by atoms with E-state index in [1.165, 1.54) is 21.8 Å². The van der Waals surface area contributed by atoms with Gasteiger partial charge in [0.05, 0.1) is 16.7 Å². The Hall–Kier alpha value is -3.48. The zero-order valence-electron chi connectivity index (χ0n) is 14.3. The van der Waals surface area contributed by atoms with Crippen LogP contribution in [-0.2, 0) is 0 Å². The van der Waals surface area contributed by atoms with E-state index in [0.717, 1.165) is 22.4 Å². The number of aryl methyl sites for hydroxylation is 2. The highest BCUT2D eigenvalue weighted by Gasteiger charge is 2.14. The molecule has 6 nitrogen and oxygen atoms in total. The molecule has 0 unspecified atom stereocenters. The van der Waals surface area contributed by atoms with Crippen LogP contribution in [0.4, 0.5) is 4.39 Å². The Balaban J connectivity index is 1.63. The first-order valence-electron chi connectivity index (χ1n) is 8.09. The highest BCUT2D eigenvalue weighted by atomic mass is 19.1. The zero-order chi connectivity index (χ0) is 18.3. The van der Waals surface area contributed by atoms with E-state index in [1.54, 1.807) is 12.1 Å². The smallest absolute Gasteiger partial charge is 0.267 e. The molecule has 0 saturated carbocycles. The van der Waals surface area contributed by atoms with Crippen LogP contribution in [0.3, 0.4) is 0 Å². The lowest BCUT2D eigenvalue weighted by Gasteiger charge is -2.10. The van der Waals surface area contributed by atoms with Crippen LogP contribution in [0.25, 0.3) is 16.7 Å². The molecular formula is C19H16FN5O. The average Bonchev–Trinajstić information content (AvgIpc) is 3.18. The molecule has 0 fully saturated rings. The number of nitrogens with one attached hydrogen (secondary N) is 1. The second kappa shape index (κ2) is 6.11. The minimum atomic E-state index is -0.515. The summed E-state index contributed by atoms with van der Waals surface area (Å²) in [5.41, 5.74) is 6.38. The third-order valence-electron chi connectivity index (χ3n) is 4.12. The summed E-state index contributed by atoms with van der Waals surface area (Å²) in [7, 11) is 0. The van der Waals surface area contributed by atoms with E-state index in [1.807, 2.05) is 44.2 Å². The molecule has 2 aromatic carbocycles. The van der Waals surface area contributed by atoms with Crippen molar-refractivity contribution in [3.63, 3.8) is 0 Å². The minimum absolute atomic E-state index is 0.213. The van der Waals surface area contributed by atoms with E-state index in [0.29, 0.717) is 5.69 Å². The lowest BCUT2D eigenvalue weighted by Crippen LogP contribution is -2.22. The van der Waals surface area contributed by atoms with Crippen LogP contribution in [0.15, 0.2) is 54.9 Å². The normalized spacial score (nSPS) is 11.0. The van der Waals surface area contributed by atoms with Crippen molar-refractivity contribution in [1.82, 2.24) is 19.4 Å². The van der Waals surface area contributed by atoms with E-state index in [2.05, 4.69) is 15.5 Å². The first-order valence-corrected chi connectivity index (χ1v) is 8.09. The van der Waals surface area contributed by atoms with Crippen molar-refractivity contribution >= 4 is 16.9 Å².